The summed E-state index contributed by atoms with van der Waals surface area (Å²) in [5, 5.41) is 11.4. The predicted octanol–water partition coefficient (Wildman–Crippen LogP) is 2.53. The second-order valence-corrected chi connectivity index (χ2v) is 7.04. The van der Waals surface area contributed by atoms with Crippen molar-refractivity contribution >= 4 is 28.2 Å². The number of pyridine rings is 1. The monoisotopic (exact) mass is 342 g/mol. The van der Waals surface area contributed by atoms with Crippen molar-refractivity contribution in [2.24, 2.45) is 0 Å². The number of carboxylic acid groups (broad SMARTS) is 1. The summed E-state index contributed by atoms with van der Waals surface area (Å²) in [7, 11) is 8.05. The van der Waals surface area contributed by atoms with Gasteiger partial charge in [-0.05, 0) is 39.0 Å². The maximum Gasteiger partial charge on any atom is 0.336 e. The van der Waals surface area contributed by atoms with E-state index in [4.69, 9.17) is 0 Å². The van der Waals surface area contributed by atoms with Crippen molar-refractivity contribution in [2.45, 2.75) is 18.9 Å². The second-order valence-electron chi connectivity index (χ2n) is 7.04. The molecule has 6 heteroatoms. The standard InChI is InChI=1S/C19H26N4O2/c1-21(2)18-14-6-5-7-15(19(24)25)17(14)16(12-20-18)23(4)13-8-10-22(3)11-9-13/h5-7,12-13H,8-11H2,1-4H3,(H,24,25). The fourth-order valence-corrected chi connectivity index (χ4v) is 3.65. The molecule has 2 aromatic rings. The molecule has 1 aromatic heterocycles. The molecule has 0 unspecified atom stereocenters. The summed E-state index contributed by atoms with van der Waals surface area (Å²) in [4.78, 5) is 22.9. The Bertz CT molecular complexity index is 782. The Hall–Kier alpha value is -2.34. The van der Waals surface area contributed by atoms with Gasteiger partial charge in [0.1, 0.15) is 5.82 Å². The average Bonchev–Trinajstić information content (AvgIpc) is 2.60. The normalized spacial score (nSPS) is 16.2. The zero-order valence-electron chi connectivity index (χ0n) is 15.4. The predicted molar refractivity (Wildman–Crippen MR) is 102 cm³/mol. The van der Waals surface area contributed by atoms with Crippen molar-refractivity contribution < 1.29 is 9.90 Å². The van der Waals surface area contributed by atoms with Crippen molar-refractivity contribution in [3.8, 4) is 0 Å². The topological polar surface area (TPSA) is 59.9 Å². The SMILES string of the molecule is CN1CCC(N(C)c2cnc(N(C)C)c3cccc(C(=O)O)c23)CC1. The van der Waals surface area contributed by atoms with E-state index < -0.39 is 5.97 Å². The van der Waals surface area contributed by atoms with Crippen LogP contribution in [0.4, 0.5) is 11.5 Å². The van der Waals surface area contributed by atoms with E-state index in [1.54, 1.807) is 12.1 Å². The molecule has 0 bridgehead atoms. The lowest BCUT2D eigenvalue weighted by molar-refractivity contribution is 0.0699. The highest BCUT2D eigenvalue weighted by molar-refractivity contribution is 6.12. The molecule has 1 saturated heterocycles. The van der Waals surface area contributed by atoms with E-state index in [2.05, 4.69) is 28.9 Å². The van der Waals surface area contributed by atoms with E-state index in [-0.39, 0.29) is 0 Å². The third-order valence-corrected chi connectivity index (χ3v) is 5.14. The molecule has 134 valence electrons. The average molecular weight is 342 g/mol. The first-order valence-corrected chi connectivity index (χ1v) is 8.64. The van der Waals surface area contributed by atoms with Gasteiger partial charge >= 0.3 is 5.97 Å². The highest BCUT2D eigenvalue weighted by Gasteiger charge is 2.25. The number of carboxylic acids is 1. The molecule has 1 fully saturated rings. The molecule has 0 radical (unpaired) electrons. The number of piperidine rings is 1. The Morgan fingerprint density at radius 3 is 2.52 bits per heavy atom. The Labute approximate surface area is 148 Å². The van der Waals surface area contributed by atoms with Crippen LogP contribution in [0, 0.1) is 0 Å². The van der Waals surface area contributed by atoms with E-state index in [1.165, 1.54) is 0 Å². The summed E-state index contributed by atoms with van der Waals surface area (Å²) in [6.07, 6.45) is 3.96. The van der Waals surface area contributed by atoms with Crippen molar-refractivity contribution in [2.75, 3.05) is 51.1 Å². The third kappa shape index (κ3) is 3.26. The molecule has 25 heavy (non-hydrogen) atoms. The van der Waals surface area contributed by atoms with Gasteiger partial charge in [0.15, 0.2) is 0 Å². The summed E-state index contributed by atoms with van der Waals surface area (Å²) in [6, 6.07) is 5.82. The van der Waals surface area contributed by atoms with Crippen LogP contribution >= 0.6 is 0 Å². The van der Waals surface area contributed by atoms with E-state index in [1.807, 2.05) is 31.3 Å². The zero-order chi connectivity index (χ0) is 18.1. The Balaban J connectivity index is 2.14. The highest BCUT2D eigenvalue weighted by Crippen LogP contribution is 2.35. The maximum atomic E-state index is 11.8. The van der Waals surface area contributed by atoms with Crippen LogP contribution in [0.2, 0.25) is 0 Å². The van der Waals surface area contributed by atoms with Crippen LogP contribution in [-0.4, -0.2) is 68.3 Å². The molecule has 3 rings (SSSR count). The van der Waals surface area contributed by atoms with Crippen LogP contribution in [0.15, 0.2) is 24.4 Å². The van der Waals surface area contributed by atoms with E-state index in [0.717, 1.165) is 48.2 Å². The van der Waals surface area contributed by atoms with Crippen LogP contribution in [0.1, 0.15) is 23.2 Å². The number of carbonyl (C=O) groups is 1. The van der Waals surface area contributed by atoms with Gasteiger partial charge in [-0.3, -0.25) is 0 Å². The number of aromatic nitrogens is 1. The van der Waals surface area contributed by atoms with Crippen LogP contribution in [0.3, 0.4) is 0 Å². The zero-order valence-corrected chi connectivity index (χ0v) is 15.4. The van der Waals surface area contributed by atoms with Crippen molar-refractivity contribution in [1.29, 1.82) is 0 Å². The van der Waals surface area contributed by atoms with Crippen molar-refractivity contribution in [3.05, 3.63) is 30.0 Å². The van der Waals surface area contributed by atoms with Gasteiger partial charge in [-0.25, -0.2) is 9.78 Å². The smallest absolute Gasteiger partial charge is 0.336 e. The van der Waals surface area contributed by atoms with Crippen LogP contribution in [-0.2, 0) is 0 Å². The molecule has 1 aliphatic heterocycles. The van der Waals surface area contributed by atoms with Crippen molar-refractivity contribution in [1.82, 2.24) is 9.88 Å². The minimum atomic E-state index is -0.903. The number of anilines is 2. The Kier molecular flexibility index (Phi) is 4.81. The van der Waals surface area contributed by atoms with Gasteiger partial charge in [-0.2, -0.15) is 0 Å². The number of aromatic carboxylic acids is 1. The highest BCUT2D eigenvalue weighted by atomic mass is 16.4. The quantitative estimate of drug-likeness (QED) is 0.921. The number of benzene rings is 1. The summed E-state index contributed by atoms with van der Waals surface area (Å²) in [6.45, 7) is 2.11. The molecular weight excluding hydrogens is 316 g/mol. The van der Waals surface area contributed by atoms with Gasteiger partial charge in [-0.15, -0.1) is 0 Å². The molecule has 1 N–H and O–H groups in total. The molecule has 2 heterocycles. The second kappa shape index (κ2) is 6.88. The van der Waals surface area contributed by atoms with Crippen LogP contribution < -0.4 is 9.80 Å². The lowest BCUT2D eigenvalue weighted by Crippen LogP contribution is -2.42. The first kappa shape index (κ1) is 17.5. The largest absolute Gasteiger partial charge is 0.478 e. The molecule has 0 amide bonds. The fourth-order valence-electron chi connectivity index (χ4n) is 3.65. The molecule has 1 aromatic carbocycles. The van der Waals surface area contributed by atoms with Gasteiger partial charge in [0.2, 0.25) is 0 Å². The Morgan fingerprint density at radius 1 is 1.24 bits per heavy atom. The minimum Gasteiger partial charge on any atom is -0.478 e. The molecule has 0 atom stereocenters. The molecular formula is C19H26N4O2. The maximum absolute atomic E-state index is 11.8. The van der Waals surface area contributed by atoms with Gasteiger partial charge < -0.3 is 19.8 Å². The fraction of sp³-hybridized carbons (Fsp3) is 0.474. The third-order valence-electron chi connectivity index (χ3n) is 5.14. The summed E-state index contributed by atoms with van der Waals surface area (Å²) < 4.78 is 0. The van der Waals surface area contributed by atoms with Gasteiger partial charge in [0.25, 0.3) is 0 Å². The lowest BCUT2D eigenvalue weighted by Gasteiger charge is -2.37. The molecule has 0 aliphatic carbocycles. The first-order chi connectivity index (χ1) is 11.9. The number of hydrogen-bond acceptors (Lipinski definition) is 5. The molecule has 0 saturated carbocycles. The van der Waals surface area contributed by atoms with Crippen LogP contribution in [0.5, 0.6) is 0 Å². The van der Waals surface area contributed by atoms with Gasteiger partial charge in [0, 0.05) is 38.0 Å². The number of fused-ring (bicyclic) bond motifs is 1. The lowest BCUT2D eigenvalue weighted by atomic mass is 9.99. The van der Waals surface area contributed by atoms with E-state index >= 15 is 0 Å². The summed E-state index contributed by atoms with van der Waals surface area (Å²) in [5.41, 5.74) is 1.23. The summed E-state index contributed by atoms with van der Waals surface area (Å²) >= 11 is 0. The Morgan fingerprint density at radius 2 is 1.92 bits per heavy atom. The van der Waals surface area contributed by atoms with Crippen LogP contribution in [0.25, 0.3) is 10.8 Å². The molecule has 0 spiro atoms. The number of nitrogens with zero attached hydrogens (tertiary/aromatic N) is 4. The minimum absolute atomic E-state index is 0.331. The first-order valence-electron chi connectivity index (χ1n) is 8.64. The number of rotatable bonds is 4. The van der Waals surface area contributed by atoms with Gasteiger partial charge in [0.05, 0.1) is 17.4 Å². The van der Waals surface area contributed by atoms with E-state index in [0.29, 0.717) is 11.6 Å². The van der Waals surface area contributed by atoms with Gasteiger partial charge in [-0.1, -0.05) is 12.1 Å². The van der Waals surface area contributed by atoms with Crippen molar-refractivity contribution in [3.63, 3.8) is 0 Å². The molecule has 1 aliphatic rings. The number of likely N-dealkylation sites (tertiary alicyclic amines) is 1. The summed E-state index contributed by atoms with van der Waals surface area (Å²) in [5.74, 6) is -0.113. The van der Waals surface area contributed by atoms with E-state index in [9.17, 15) is 9.90 Å². The number of hydrogen-bond donors (Lipinski definition) is 1. The molecule has 6 nitrogen and oxygen atoms in total.